The maximum Gasteiger partial charge on any atom is 0.407 e. The monoisotopic (exact) mass is 330 g/mol. The second kappa shape index (κ2) is 7.21. The number of H-pyrrole nitrogens is 1. The Morgan fingerprint density at radius 1 is 1.21 bits per heavy atom. The molecule has 24 heavy (non-hydrogen) atoms. The van der Waals surface area contributed by atoms with Crippen LogP contribution in [-0.2, 0) is 11.2 Å². The zero-order valence-electron chi connectivity index (χ0n) is 14.1. The minimum absolute atomic E-state index is 0.229. The number of benzene rings is 1. The van der Waals surface area contributed by atoms with Gasteiger partial charge in [0.2, 0.25) is 0 Å². The molecule has 0 radical (unpaired) electrons. The van der Waals surface area contributed by atoms with Crippen molar-refractivity contribution < 1.29 is 19.4 Å². The Morgan fingerprint density at radius 2 is 1.88 bits per heavy atom. The van der Waals surface area contributed by atoms with Crippen molar-refractivity contribution in [3.05, 3.63) is 47.8 Å². The molecule has 0 spiro atoms. The number of ether oxygens (including phenoxy) is 1. The summed E-state index contributed by atoms with van der Waals surface area (Å²) in [6.07, 6.45) is 1.53. The third-order valence-electron chi connectivity index (χ3n) is 3.30. The topological polar surface area (TPSA) is 91.4 Å². The number of hydrogen-bond donors (Lipinski definition) is 3. The van der Waals surface area contributed by atoms with E-state index in [0.29, 0.717) is 17.7 Å². The van der Waals surface area contributed by atoms with Crippen LogP contribution in [0.5, 0.6) is 0 Å². The molecular formula is C18H22N2O4. The van der Waals surface area contributed by atoms with Crippen LogP contribution in [0.25, 0.3) is 11.1 Å². The fourth-order valence-electron chi connectivity index (χ4n) is 2.36. The third-order valence-corrected chi connectivity index (χ3v) is 3.30. The Kier molecular flexibility index (Phi) is 5.28. The van der Waals surface area contributed by atoms with Crippen LogP contribution in [0.4, 0.5) is 4.79 Å². The number of amides is 1. The van der Waals surface area contributed by atoms with Gasteiger partial charge in [-0.3, -0.25) is 0 Å². The largest absolute Gasteiger partial charge is 0.478 e. The van der Waals surface area contributed by atoms with Crippen molar-refractivity contribution in [1.29, 1.82) is 0 Å². The molecule has 0 fully saturated rings. The van der Waals surface area contributed by atoms with Gasteiger partial charge in [0.15, 0.2) is 0 Å². The molecule has 0 unspecified atom stereocenters. The maximum atomic E-state index is 11.6. The summed E-state index contributed by atoms with van der Waals surface area (Å²) < 4.78 is 5.15. The van der Waals surface area contributed by atoms with Gasteiger partial charge >= 0.3 is 12.1 Å². The number of carbonyl (C=O) groups is 2. The molecule has 1 aromatic heterocycles. The van der Waals surface area contributed by atoms with Crippen LogP contribution in [0.2, 0.25) is 0 Å². The molecule has 0 aliphatic heterocycles. The first-order chi connectivity index (χ1) is 11.3. The molecule has 3 N–H and O–H groups in total. The Labute approximate surface area is 140 Å². The molecule has 0 atom stereocenters. The molecule has 6 heteroatoms. The molecule has 1 amide bonds. The average molecular weight is 330 g/mol. The van der Waals surface area contributed by atoms with Crippen molar-refractivity contribution in [3.8, 4) is 11.1 Å². The van der Waals surface area contributed by atoms with Gasteiger partial charge in [-0.1, -0.05) is 30.3 Å². The van der Waals surface area contributed by atoms with E-state index in [1.54, 1.807) is 27.0 Å². The highest BCUT2D eigenvalue weighted by Crippen LogP contribution is 2.26. The highest BCUT2D eigenvalue weighted by molar-refractivity contribution is 5.97. The summed E-state index contributed by atoms with van der Waals surface area (Å²) in [6.45, 7) is 5.63. The van der Waals surface area contributed by atoms with Crippen molar-refractivity contribution in [2.45, 2.75) is 32.8 Å². The van der Waals surface area contributed by atoms with Crippen LogP contribution in [0, 0.1) is 0 Å². The zero-order valence-corrected chi connectivity index (χ0v) is 14.1. The fourth-order valence-corrected chi connectivity index (χ4v) is 2.36. The predicted octanol–water partition coefficient (Wildman–Crippen LogP) is 3.45. The van der Waals surface area contributed by atoms with E-state index in [1.165, 1.54) is 0 Å². The lowest BCUT2D eigenvalue weighted by Gasteiger charge is -2.19. The lowest BCUT2D eigenvalue weighted by atomic mass is 10.0. The molecular weight excluding hydrogens is 308 g/mol. The van der Waals surface area contributed by atoms with Crippen molar-refractivity contribution in [1.82, 2.24) is 10.3 Å². The van der Waals surface area contributed by atoms with Gasteiger partial charge in [0.05, 0.1) is 5.56 Å². The van der Waals surface area contributed by atoms with E-state index < -0.39 is 17.7 Å². The first-order valence-electron chi connectivity index (χ1n) is 7.74. The number of aromatic carboxylic acids is 1. The first-order valence-corrected chi connectivity index (χ1v) is 7.74. The van der Waals surface area contributed by atoms with Gasteiger partial charge in [0.1, 0.15) is 5.60 Å². The first kappa shape index (κ1) is 17.6. The Balaban J connectivity index is 2.08. The summed E-state index contributed by atoms with van der Waals surface area (Å²) in [5.74, 6) is -0.998. The minimum atomic E-state index is -0.998. The van der Waals surface area contributed by atoms with Gasteiger partial charge in [-0.05, 0) is 26.3 Å². The van der Waals surface area contributed by atoms with E-state index in [1.807, 2.05) is 30.3 Å². The van der Waals surface area contributed by atoms with Crippen LogP contribution in [0.3, 0.4) is 0 Å². The van der Waals surface area contributed by atoms with E-state index in [9.17, 15) is 14.7 Å². The quantitative estimate of drug-likeness (QED) is 0.783. The van der Waals surface area contributed by atoms with Gasteiger partial charge < -0.3 is 20.1 Å². The molecule has 128 valence electrons. The number of rotatable bonds is 5. The third kappa shape index (κ3) is 4.62. The Hall–Kier alpha value is -2.76. The predicted molar refractivity (Wildman–Crippen MR) is 91.1 cm³/mol. The van der Waals surface area contributed by atoms with Gasteiger partial charge in [0.25, 0.3) is 0 Å². The summed E-state index contributed by atoms with van der Waals surface area (Å²) >= 11 is 0. The van der Waals surface area contributed by atoms with Crippen molar-refractivity contribution in [2.24, 2.45) is 0 Å². The van der Waals surface area contributed by atoms with E-state index in [-0.39, 0.29) is 12.1 Å². The number of nitrogens with one attached hydrogen (secondary N) is 2. The zero-order chi connectivity index (χ0) is 17.7. The normalized spacial score (nSPS) is 11.1. The van der Waals surface area contributed by atoms with Gasteiger partial charge in [-0.15, -0.1) is 0 Å². The molecule has 0 bridgehead atoms. The molecule has 6 nitrogen and oxygen atoms in total. The number of aromatic amines is 1. The maximum absolute atomic E-state index is 11.6. The van der Waals surface area contributed by atoms with Gasteiger partial charge in [-0.25, -0.2) is 9.59 Å². The van der Waals surface area contributed by atoms with Crippen LogP contribution in [0.1, 0.15) is 36.8 Å². The summed E-state index contributed by atoms with van der Waals surface area (Å²) in [5, 5.41) is 12.2. The van der Waals surface area contributed by atoms with E-state index in [0.717, 1.165) is 5.56 Å². The van der Waals surface area contributed by atoms with Crippen molar-refractivity contribution >= 4 is 12.1 Å². The number of carboxylic acids is 1. The van der Waals surface area contributed by atoms with Crippen LogP contribution in [-0.4, -0.2) is 34.3 Å². The summed E-state index contributed by atoms with van der Waals surface area (Å²) in [4.78, 5) is 26.3. The molecule has 0 saturated carbocycles. The van der Waals surface area contributed by atoms with Crippen molar-refractivity contribution in [3.63, 3.8) is 0 Å². The molecule has 2 rings (SSSR count). The number of alkyl carbamates (subject to hydrolysis) is 1. The molecule has 0 saturated heterocycles. The van der Waals surface area contributed by atoms with Crippen LogP contribution >= 0.6 is 0 Å². The Bertz CT molecular complexity index is 714. The lowest BCUT2D eigenvalue weighted by Crippen LogP contribution is -2.33. The average Bonchev–Trinajstić information content (AvgIpc) is 2.90. The van der Waals surface area contributed by atoms with E-state index >= 15 is 0 Å². The smallest absolute Gasteiger partial charge is 0.407 e. The molecule has 0 aliphatic carbocycles. The molecule has 2 aromatic rings. The number of aromatic nitrogens is 1. The molecule has 1 heterocycles. The van der Waals surface area contributed by atoms with E-state index in [2.05, 4.69) is 10.3 Å². The summed E-state index contributed by atoms with van der Waals surface area (Å²) in [5.41, 5.74) is 1.70. The number of carboxylic acid groups (broad SMARTS) is 1. The summed E-state index contributed by atoms with van der Waals surface area (Å²) in [7, 11) is 0. The SMILES string of the molecule is CC(C)(C)OC(=O)NCCc1[nH]cc(-c2ccccc2)c1C(=O)O. The van der Waals surface area contributed by atoms with E-state index in [4.69, 9.17) is 4.74 Å². The van der Waals surface area contributed by atoms with Gasteiger partial charge in [-0.2, -0.15) is 0 Å². The Morgan fingerprint density at radius 3 is 2.46 bits per heavy atom. The number of carbonyl (C=O) groups excluding carboxylic acids is 1. The number of hydrogen-bond acceptors (Lipinski definition) is 3. The standard InChI is InChI=1S/C18H22N2O4/c1-18(2,3)24-17(23)19-10-9-14-15(16(21)22)13(11-20-14)12-7-5-4-6-8-12/h4-8,11,20H,9-10H2,1-3H3,(H,19,23)(H,21,22). The summed E-state index contributed by atoms with van der Waals surface area (Å²) in [6, 6.07) is 9.31. The highest BCUT2D eigenvalue weighted by atomic mass is 16.6. The van der Waals surface area contributed by atoms with Crippen LogP contribution in [0.15, 0.2) is 36.5 Å². The molecule has 1 aromatic carbocycles. The fraction of sp³-hybridized carbons (Fsp3) is 0.333. The molecule has 0 aliphatic rings. The van der Waals surface area contributed by atoms with Crippen LogP contribution < -0.4 is 5.32 Å². The van der Waals surface area contributed by atoms with Gasteiger partial charge in [0, 0.05) is 30.4 Å². The van der Waals surface area contributed by atoms with Crippen molar-refractivity contribution in [2.75, 3.05) is 6.54 Å². The minimum Gasteiger partial charge on any atom is -0.478 e. The second-order valence-electron chi connectivity index (χ2n) is 6.41. The lowest BCUT2D eigenvalue weighted by molar-refractivity contribution is 0.0528. The highest BCUT2D eigenvalue weighted by Gasteiger charge is 2.20. The second-order valence-corrected chi connectivity index (χ2v) is 6.41.